The number of rotatable bonds is 14. The van der Waals surface area contributed by atoms with Gasteiger partial charge in [-0.1, -0.05) is 25.6 Å². The van der Waals surface area contributed by atoms with Crippen molar-refractivity contribution in [2.24, 2.45) is 0 Å². The summed E-state index contributed by atoms with van der Waals surface area (Å²) in [5.41, 5.74) is 5.40. The van der Waals surface area contributed by atoms with Gasteiger partial charge in [0.25, 0.3) is 0 Å². The van der Waals surface area contributed by atoms with Crippen LogP contribution in [0.3, 0.4) is 0 Å². The van der Waals surface area contributed by atoms with Crippen LogP contribution in [0.5, 0.6) is 0 Å². The first-order valence-corrected chi connectivity index (χ1v) is 13.8. The van der Waals surface area contributed by atoms with Gasteiger partial charge in [0.05, 0.1) is 9.79 Å². The van der Waals surface area contributed by atoms with Gasteiger partial charge in [-0.15, -0.1) is 0 Å². The Balaban J connectivity index is 0.00000432. The Morgan fingerprint density at radius 2 is 1.06 bits per heavy atom. The van der Waals surface area contributed by atoms with Crippen LogP contribution in [0.1, 0.15) is 39.5 Å². The van der Waals surface area contributed by atoms with E-state index in [1.807, 2.05) is 11.8 Å². The van der Waals surface area contributed by atoms with Crippen molar-refractivity contribution in [2.45, 2.75) is 49.3 Å². The van der Waals surface area contributed by atoms with Gasteiger partial charge in [0, 0.05) is 49.7 Å². The van der Waals surface area contributed by atoms with Gasteiger partial charge >= 0.3 is 0 Å². The lowest BCUT2D eigenvalue weighted by molar-refractivity contribution is -0.485. The second kappa shape index (κ2) is 15.3. The number of nitrogens with zero attached hydrogens (tertiary/aromatic N) is 4. The Labute approximate surface area is 235 Å². The molecule has 2 aromatic carbocycles. The molecule has 0 aliphatic carbocycles. The molecule has 196 valence electrons. The lowest BCUT2D eigenvalue weighted by atomic mass is 10.2. The average Bonchev–Trinajstić information content (AvgIpc) is 2.80. The van der Waals surface area contributed by atoms with Crippen LogP contribution in [0.4, 0.5) is 22.7 Å². The zero-order valence-electron chi connectivity index (χ0n) is 22.7. The van der Waals surface area contributed by atoms with Gasteiger partial charge in [-0.25, -0.2) is 0 Å². The lowest BCUT2D eigenvalue weighted by Crippen LogP contribution is -3.00. The average molecular weight is 612 g/mol. The number of anilines is 2. The van der Waals surface area contributed by atoms with Crippen LogP contribution in [-0.4, -0.2) is 77.3 Å². The van der Waals surface area contributed by atoms with E-state index < -0.39 is 0 Å². The van der Waals surface area contributed by atoms with E-state index in [0.717, 1.165) is 39.3 Å². The van der Waals surface area contributed by atoms with Gasteiger partial charge in [-0.05, 0) is 91.2 Å². The molecule has 3 rings (SSSR count). The molecule has 7 heteroatoms. The van der Waals surface area contributed by atoms with Crippen molar-refractivity contribution in [3.8, 4) is 0 Å². The molecule has 2 N–H and O–H groups in total. The van der Waals surface area contributed by atoms with Crippen LogP contribution in [0, 0.1) is 0 Å². The Morgan fingerprint density at radius 3 is 1.46 bits per heavy atom. The van der Waals surface area contributed by atoms with Crippen molar-refractivity contribution >= 4 is 34.5 Å². The summed E-state index contributed by atoms with van der Waals surface area (Å²) in [6, 6.07) is 14.1. The van der Waals surface area contributed by atoms with Crippen molar-refractivity contribution in [1.29, 1.82) is 0 Å². The lowest BCUT2D eigenvalue weighted by Gasteiger charge is -2.28. The van der Waals surface area contributed by atoms with E-state index in [1.165, 1.54) is 58.2 Å². The topological polar surface area (TPSA) is 29.6 Å². The van der Waals surface area contributed by atoms with Gasteiger partial charge in [-0.3, -0.25) is 5.32 Å². The van der Waals surface area contributed by atoms with Crippen molar-refractivity contribution in [1.82, 2.24) is 9.80 Å². The third-order valence-corrected chi connectivity index (χ3v) is 7.46. The third kappa shape index (κ3) is 9.11. The molecule has 0 spiro atoms. The summed E-state index contributed by atoms with van der Waals surface area (Å²) < 4.78 is 0. The summed E-state index contributed by atoms with van der Waals surface area (Å²) in [6.07, 6.45) is 4.73. The Bertz CT molecular complexity index is 885. The maximum absolute atomic E-state index is 2.59. The molecule has 5 nitrogen and oxygen atoms in total. The van der Waals surface area contributed by atoms with Crippen molar-refractivity contribution in [3.05, 3.63) is 36.4 Å². The summed E-state index contributed by atoms with van der Waals surface area (Å²) >= 11 is 1.94. The molecule has 2 aromatic rings. The molecule has 0 saturated heterocycles. The van der Waals surface area contributed by atoms with E-state index in [9.17, 15) is 0 Å². The molecule has 35 heavy (non-hydrogen) atoms. The highest BCUT2D eigenvalue weighted by atomic mass is 127. The quantitative estimate of drug-likeness (QED) is 0.223. The second-order valence-corrected chi connectivity index (χ2v) is 11.1. The first-order chi connectivity index (χ1) is 16.4. The fourth-order valence-electron chi connectivity index (χ4n) is 4.58. The summed E-state index contributed by atoms with van der Waals surface area (Å²) in [6.45, 7) is 11.2. The minimum absolute atomic E-state index is 0. The van der Waals surface area contributed by atoms with Crippen molar-refractivity contribution in [3.63, 3.8) is 0 Å². The Morgan fingerprint density at radius 1 is 0.629 bits per heavy atom. The first kappa shape index (κ1) is 30.2. The highest BCUT2D eigenvalue weighted by Gasteiger charge is 2.23. The fourth-order valence-corrected chi connectivity index (χ4v) is 5.66. The molecule has 0 atom stereocenters. The van der Waals surface area contributed by atoms with Gasteiger partial charge in [0.1, 0.15) is 11.4 Å². The SMILES string of the molecule is CCCN(CCC)c1ccc2c(c1)Sc1cc(N(CCCN(C)C)CCCN(C)C)ccc1[NH2+]2.[I-]. The largest absolute Gasteiger partial charge is 1.00 e. The summed E-state index contributed by atoms with van der Waals surface area (Å²) in [5, 5.41) is 2.36. The highest BCUT2D eigenvalue weighted by Crippen LogP contribution is 2.42. The molecule has 0 aromatic heterocycles. The van der Waals surface area contributed by atoms with Crippen LogP contribution >= 0.6 is 11.8 Å². The zero-order chi connectivity index (χ0) is 24.5. The summed E-state index contributed by atoms with van der Waals surface area (Å²) in [4.78, 5) is 12.4. The van der Waals surface area contributed by atoms with Crippen LogP contribution < -0.4 is 39.1 Å². The number of hydrogen-bond donors (Lipinski definition) is 1. The van der Waals surface area contributed by atoms with Crippen LogP contribution in [0.15, 0.2) is 46.2 Å². The molecule has 0 radical (unpaired) electrons. The van der Waals surface area contributed by atoms with Crippen LogP contribution in [-0.2, 0) is 0 Å². The monoisotopic (exact) mass is 611 g/mol. The molecule has 0 saturated carbocycles. The van der Waals surface area contributed by atoms with E-state index >= 15 is 0 Å². The molecule has 1 aliphatic heterocycles. The minimum Gasteiger partial charge on any atom is -1.00 e. The zero-order valence-corrected chi connectivity index (χ0v) is 25.7. The van der Waals surface area contributed by atoms with Crippen LogP contribution in [0.2, 0.25) is 0 Å². The van der Waals surface area contributed by atoms with E-state index in [-0.39, 0.29) is 24.0 Å². The molecule has 1 aliphatic rings. The predicted molar refractivity (Wildman–Crippen MR) is 150 cm³/mol. The Kier molecular flexibility index (Phi) is 13.2. The van der Waals surface area contributed by atoms with Gasteiger partial charge < -0.3 is 43.6 Å². The summed E-state index contributed by atoms with van der Waals surface area (Å²) in [7, 11) is 8.65. The first-order valence-electron chi connectivity index (χ1n) is 13.0. The van der Waals surface area contributed by atoms with Crippen molar-refractivity contribution < 1.29 is 29.3 Å². The standard InChI is InChI=1S/C28H45N5S.HI/c1-7-15-32(16-8-2)23-11-13-25-27(21-23)34-28-22-24(12-14-26(28)29-25)33(19-9-17-30(3)4)20-10-18-31(5)6;/h11-14,21-22,29H,7-10,15-20H2,1-6H3;1H. The Hall–Kier alpha value is -1.00. The van der Waals surface area contributed by atoms with Gasteiger partial charge in [-0.2, -0.15) is 0 Å². The van der Waals surface area contributed by atoms with Crippen molar-refractivity contribution in [2.75, 3.05) is 77.3 Å². The molecular formula is C28H46IN5S. The van der Waals surface area contributed by atoms with E-state index in [4.69, 9.17) is 0 Å². The summed E-state index contributed by atoms with van der Waals surface area (Å²) in [5.74, 6) is 0. The van der Waals surface area contributed by atoms with E-state index in [0.29, 0.717) is 0 Å². The number of benzene rings is 2. The predicted octanol–water partition coefficient (Wildman–Crippen LogP) is 2.02. The second-order valence-electron chi connectivity index (χ2n) is 9.98. The molecular weight excluding hydrogens is 565 g/mol. The molecule has 0 amide bonds. The number of hydrogen-bond acceptors (Lipinski definition) is 5. The maximum Gasteiger partial charge on any atom is 0.148 e. The highest BCUT2D eigenvalue weighted by molar-refractivity contribution is 7.99. The minimum atomic E-state index is 0. The molecule has 0 bridgehead atoms. The van der Waals surface area contributed by atoms with Crippen LogP contribution in [0.25, 0.3) is 0 Å². The van der Waals surface area contributed by atoms with E-state index in [2.05, 4.69) is 103 Å². The smallest absolute Gasteiger partial charge is 0.148 e. The van der Waals surface area contributed by atoms with Gasteiger partial charge in [0.15, 0.2) is 0 Å². The normalized spacial score (nSPS) is 12.3. The number of nitrogens with two attached hydrogens (primary N) is 1. The number of quaternary nitrogens is 1. The van der Waals surface area contributed by atoms with Gasteiger partial charge in [0.2, 0.25) is 0 Å². The number of halogens is 1. The number of fused-ring (bicyclic) bond motifs is 2. The molecule has 0 fully saturated rings. The maximum atomic E-state index is 2.59. The molecule has 1 heterocycles. The fraction of sp³-hybridized carbons (Fsp3) is 0.571. The van der Waals surface area contributed by atoms with E-state index in [1.54, 1.807) is 0 Å². The third-order valence-electron chi connectivity index (χ3n) is 6.31. The molecule has 0 unspecified atom stereocenters.